The molecule has 2 nitrogen and oxygen atoms in total. The Balaban J connectivity index is 2.56. The Morgan fingerprint density at radius 2 is 2.45 bits per heavy atom. The van der Waals surface area contributed by atoms with Gasteiger partial charge in [-0.3, -0.25) is 0 Å². The second-order valence-electron chi connectivity index (χ2n) is 2.91. The van der Waals surface area contributed by atoms with Crippen LogP contribution in [0.4, 0.5) is 0 Å². The van der Waals surface area contributed by atoms with Gasteiger partial charge in [0.2, 0.25) is 0 Å². The lowest BCUT2D eigenvalue weighted by Crippen LogP contribution is -2.09. The van der Waals surface area contributed by atoms with E-state index in [0.29, 0.717) is 5.92 Å². The summed E-state index contributed by atoms with van der Waals surface area (Å²) in [4.78, 5) is 4.14. The molecule has 0 bridgehead atoms. The van der Waals surface area contributed by atoms with Crippen LogP contribution in [-0.2, 0) is 6.54 Å². The van der Waals surface area contributed by atoms with Gasteiger partial charge in [-0.2, -0.15) is 12.6 Å². The van der Waals surface area contributed by atoms with Crippen LogP contribution < -0.4 is 0 Å². The SMILES string of the molecule is Cc1nccn1CC(C)CS. The minimum atomic E-state index is 0.617. The second kappa shape index (κ2) is 3.81. The lowest BCUT2D eigenvalue weighted by atomic mass is 10.2. The van der Waals surface area contributed by atoms with E-state index in [2.05, 4.69) is 29.1 Å². The highest BCUT2D eigenvalue weighted by molar-refractivity contribution is 7.80. The standard InChI is InChI=1S/C8H14N2S/c1-7(6-11)5-10-4-3-9-8(10)2/h3-4,7,11H,5-6H2,1-2H3. The van der Waals surface area contributed by atoms with Crippen LogP contribution >= 0.6 is 12.6 Å². The van der Waals surface area contributed by atoms with Gasteiger partial charge in [-0.1, -0.05) is 6.92 Å². The van der Waals surface area contributed by atoms with Crippen LogP contribution in [0.25, 0.3) is 0 Å². The lowest BCUT2D eigenvalue weighted by Gasteiger charge is -2.09. The van der Waals surface area contributed by atoms with Crippen LogP contribution in [0.1, 0.15) is 12.7 Å². The monoisotopic (exact) mass is 170 g/mol. The molecule has 0 fully saturated rings. The number of aromatic nitrogens is 2. The first-order chi connectivity index (χ1) is 5.24. The fourth-order valence-corrected chi connectivity index (χ4v) is 1.11. The van der Waals surface area contributed by atoms with Gasteiger partial charge in [0.05, 0.1) is 0 Å². The third kappa shape index (κ3) is 2.26. The van der Waals surface area contributed by atoms with E-state index in [-0.39, 0.29) is 0 Å². The fourth-order valence-electron chi connectivity index (χ4n) is 0.990. The molecule has 0 aliphatic heterocycles. The summed E-state index contributed by atoms with van der Waals surface area (Å²) in [5, 5.41) is 0. The molecule has 0 saturated heterocycles. The summed E-state index contributed by atoms with van der Waals surface area (Å²) in [6, 6.07) is 0. The molecule has 0 radical (unpaired) electrons. The smallest absolute Gasteiger partial charge is 0.105 e. The highest BCUT2D eigenvalue weighted by Crippen LogP contribution is 2.04. The van der Waals surface area contributed by atoms with Crippen LogP contribution in [0.15, 0.2) is 12.4 Å². The zero-order valence-electron chi connectivity index (χ0n) is 6.99. The first-order valence-electron chi connectivity index (χ1n) is 3.82. The van der Waals surface area contributed by atoms with E-state index >= 15 is 0 Å². The van der Waals surface area contributed by atoms with E-state index in [9.17, 15) is 0 Å². The van der Waals surface area contributed by atoms with Crippen molar-refractivity contribution < 1.29 is 0 Å². The van der Waals surface area contributed by atoms with Crippen molar-refractivity contribution in [3.05, 3.63) is 18.2 Å². The molecule has 0 aliphatic rings. The number of hydrogen-bond donors (Lipinski definition) is 1. The Bertz CT molecular complexity index is 220. The van der Waals surface area contributed by atoms with Crippen molar-refractivity contribution in [3.8, 4) is 0 Å². The molecule has 1 atom stereocenters. The summed E-state index contributed by atoms with van der Waals surface area (Å²) >= 11 is 4.23. The van der Waals surface area contributed by atoms with Gasteiger partial charge >= 0.3 is 0 Å². The highest BCUT2D eigenvalue weighted by Gasteiger charge is 2.01. The van der Waals surface area contributed by atoms with E-state index < -0.39 is 0 Å². The molecule has 1 aromatic heterocycles. The molecule has 1 unspecified atom stereocenters. The molecule has 0 amide bonds. The van der Waals surface area contributed by atoms with Crippen LogP contribution in [0.3, 0.4) is 0 Å². The van der Waals surface area contributed by atoms with Crippen LogP contribution in [-0.4, -0.2) is 15.3 Å². The summed E-state index contributed by atoms with van der Waals surface area (Å²) < 4.78 is 2.15. The Labute approximate surface area is 73.0 Å². The molecule has 3 heteroatoms. The number of imidazole rings is 1. The Hall–Kier alpha value is -0.440. The Morgan fingerprint density at radius 3 is 2.91 bits per heavy atom. The zero-order chi connectivity index (χ0) is 8.27. The predicted molar refractivity (Wildman–Crippen MR) is 50.0 cm³/mol. The minimum absolute atomic E-state index is 0.617. The second-order valence-corrected chi connectivity index (χ2v) is 3.28. The fraction of sp³-hybridized carbons (Fsp3) is 0.625. The molecule has 1 aromatic rings. The largest absolute Gasteiger partial charge is 0.335 e. The number of aryl methyl sites for hydroxylation is 1. The van der Waals surface area contributed by atoms with Crippen molar-refractivity contribution in [3.63, 3.8) is 0 Å². The summed E-state index contributed by atoms with van der Waals surface area (Å²) in [6.07, 6.45) is 3.84. The molecule has 0 saturated carbocycles. The third-order valence-electron chi connectivity index (χ3n) is 1.74. The maximum Gasteiger partial charge on any atom is 0.105 e. The van der Waals surface area contributed by atoms with Gasteiger partial charge in [0, 0.05) is 18.9 Å². The van der Waals surface area contributed by atoms with E-state index in [4.69, 9.17) is 0 Å². The maximum absolute atomic E-state index is 4.23. The van der Waals surface area contributed by atoms with Gasteiger partial charge in [-0.05, 0) is 18.6 Å². The molecule has 0 aromatic carbocycles. The molecule has 1 rings (SSSR count). The van der Waals surface area contributed by atoms with Crippen LogP contribution in [0.2, 0.25) is 0 Å². The third-order valence-corrected chi connectivity index (χ3v) is 2.37. The normalized spacial score (nSPS) is 13.4. The number of hydrogen-bond acceptors (Lipinski definition) is 2. The van der Waals surface area contributed by atoms with Gasteiger partial charge in [0.15, 0.2) is 0 Å². The number of thiol groups is 1. The van der Waals surface area contributed by atoms with Gasteiger partial charge in [-0.25, -0.2) is 4.98 Å². The maximum atomic E-state index is 4.23. The van der Waals surface area contributed by atoms with Crippen LogP contribution in [0, 0.1) is 12.8 Å². The average molecular weight is 170 g/mol. The van der Waals surface area contributed by atoms with Gasteiger partial charge in [0.1, 0.15) is 5.82 Å². The summed E-state index contributed by atoms with van der Waals surface area (Å²) in [5.74, 6) is 2.63. The first kappa shape index (κ1) is 8.65. The van der Waals surface area contributed by atoms with Gasteiger partial charge < -0.3 is 4.57 Å². The summed E-state index contributed by atoms with van der Waals surface area (Å²) in [6.45, 7) is 5.23. The Morgan fingerprint density at radius 1 is 1.73 bits per heavy atom. The summed E-state index contributed by atoms with van der Waals surface area (Å²) in [5.41, 5.74) is 0. The van der Waals surface area contributed by atoms with E-state index in [0.717, 1.165) is 18.1 Å². The number of rotatable bonds is 3. The molecule has 0 N–H and O–H groups in total. The molecular weight excluding hydrogens is 156 g/mol. The molecule has 0 aliphatic carbocycles. The molecular formula is C8H14N2S. The van der Waals surface area contributed by atoms with Crippen LogP contribution in [0.5, 0.6) is 0 Å². The van der Waals surface area contributed by atoms with Crippen molar-refractivity contribution in [2.45, 2.75) is 20.4 Å². The quantitative estimate of drug-likeness (QED) is 0.684. The molecule has 0 spiro atoms. The van der Waals surface area contributed by atoms with Crippen molar-refractivity contribution in [2.75, 3.05) is 5.75 Å². The number of nitrogens with zero attached hydrogens (tertiary/aromatic N) is 2. The van der Waals surface area contributed by atoms with Crippen molar-refractivity contribution in [1.29, 1.82) is 0 Å². The topological polar surface area (TPSA) is 17.8 Å². The van der Waals surface area contributed by atoms with Crippen molar-refractivity contribution in [2.24, 2.45) is 5.92 Å². The zero-order valence-corrected chi connectivity index (χ0v) is 7.88. The van der Waals surface area contributed by atoms with E-state index in [1.54, 1.807) is 0 Å². The van der Waals surface area contributed by atoms with Gasteiger partial charge in [-0.15, -0.1) is 0 Å². The first-order valence-corrected chi connectivity index (χ1v) is 4.46. The predicted octanol–water partition coefficient (Wildman–Crippen LogP) is 1.76. The molecule has 11 heavy (non-hydrogen) atoms. The van der Waals surface area contributed by atoms with Gasteiger partial charge in [0.25, 0.3) is 0 Å². The summed E-state index contributed by atoms with van der Waals surface area (Å²) in [7, 11) is 0. The molecule has 1 heterocycles. The Kier molecular flexibility index (Phi) is 3.00. The van der Waals surface area contributed by atoms with E-state index in [1.165, 1.54) is 0 Å². The molecule has 62 valence electrons. The minimum Gasteiger partial charge on any atom is -0.335 e. The average Bonchev–Trinajstić information content (AvgIpc) is 2.37. The lowest BCUT2D eigenvalue weighted by molar-refractivity contribution is 0.522. The van der Waals surface area contributed by atoms with E-state index in [1.807, 2.05) is 19.3 Å². The van der Waals surface area contributed by atoms with Crippen molar-refractivity contribution in [1.82, 2.24) is 9.55 Å². The highest BCUT2D eigenvalue weighted by atomic mass is 32.1. The van der Waals surface area contributed by atoms with Crippen molar-refractivity contribution >= 4 is 12.6 Å².